The Bertz CT molecular complexity index is 561. The van der Waals surface area contributed by atoms with E-state index in [1.807, 2.05) is 31.2 Å². The molecule has 0 bridgehead atoms. The van der Waals surface area contributed by atoms with Crippen LogP contribution < -0.4 is 10.1 Å². The molecule has 0 radical (unpaired) electrons. The van der Waals surface area contributed by atoms with Crippen LogP contribution in [0.5, 0.6) is 11.5 Å². The third-order valence-corrected chi connectivity index (χ3v) is 2.77. The third-order valence-electron chi connectivity index (χ3n) is 2.56. The summed E-state index contributed by atoms with van der Waals surface area (Å²) in [5.41, 5.74) is 0.743. The molecule has 100 valence electrons. The Balaban J connectivity index is 2.09. The van der Waals surface area contributed by atoms with Crippen molar-refractivity contribution in [3.05, 3.63) is 47.1 Å². The molecule has 0 aliphatic heterocycles. The SMILES string of the molecule is CCOc1cccc(CNc2cccc(Cl)n2)c1O. The van der Waals surface area contributed by atoms with Gasteiger partial charge in [-0.25, -0.2) is 4.98 Å². The summed E-state index contributed by atoms with van der Waals surface area (Å²) in [4.78, 5) is 4.12. The highest BCUT2D eigenvalue weighted by Gasteiger charge is 2.07. The van der Waals surface area contributed by atoms with Crippen LogP contribution in [0, 0.1) is 0 Å². The predicted molar refractivity (Wildman–Crippen MR) is 75.8 cm³/mol. The van der Waals surface area contributed by atoms with Crippen molar-refractivity contribution in [1.82, 2.24) is 4.98 Å². The smallest absolute Gasteiger partial charge is 0.162 e. The van der Waals surface area contributed by atoms with Crippen molar-refractivity contribution in [3.63, 3.8) is 0 Å². The van der Waals surface area contributed by atoms with E-state index < -0.39 is 0 Å². The minimum atomic E-state index is 0.152. The lowest BCUT2D eigenvalue weighted by atomic mass is 10.2. The predicted octanol–water partition coefficient (Wildman–Crippen LogP) is 3.45. The Labute approximate surface area is 117 Å². The number of benzene rings is 1. The largest absolute Gasteiger partial charge is 0.504 e. The molecule has 4 nitrogen and oxygen atoms in total. The molecule has 1 heterocycles. The van der Waals surface area contributed by atoms with Gasteiger partial charge in [0.2, 0.25) is 0 Å². The number of aromatic hydroxyl groups is 1. The van der Waals surface area contributed by atoms with Gasteiger partial charge in [0.25, 0.3) is 0 Å². The second kappa shape index (κ2) is 6.29. The number of phenols is 1. The van der Waals surface area contributed by atoms with Crippen molar-refractivity contribution < 1.29 is 9.84 Å². The van der Waals surface area contributed by atoms with Gasteiger partial charge in [0.15, 0.2) is 11.5 Å². The maximum Gasteiger partial charge on any atom is 0.162 e. The molecule has 2 N–H and O–H groups in total. The van der Waals surface area contributed by atoms with Gasteiger partial charge in [-0.3, -0.25) is 0 Å². The fourth-order valence-electron chi connectivity index (χ4n) is 1.67. The average molecular weight is 279 g/mol. The summed E-state index contributed by atoms with van der Waals surface area (Å²) >= 11 is 5.80. The topological polar surface area (TPSA) is 54.4 Å². The highest BCUT2D eigenvalue weighted by atomic mass is 35.5. The van der Waals surface area contributed by atoms with Crippen LogP contribution in [0.25, 0.3) is 0 Å². The van der Waals surface area contributed by atoms with E-state index in [-0.39, 0.29) is 5.75 Å². The van der Waals surface area contributed by atoms with Gasteiger partial charge in [-0.15, -0.1) is 0 Å². The van der Waals surface area contributed by atoms with Crippen molar-refractivity contribution in [2.45, 2.75) is 13.5 Å². The number of aromatic nitrogens is 1. The van der Waals surface area contributed by atoms with Crippen LogP contribution in [-0.4, -0.2) is 16.7 Å². The number of halogens is 1. The van der Waals surface area contributed by atoms with Gasteiger partial charge in [0, 0.05) is 12.1 Å². The molecule has 0 saturated carbocycles. The van der Waals surface area contributed by atoms with E-state index in [0.717, 1.165) is 5.56 Å². The van der Waals surface area contributed by atoms with E-state index in [1.54, 1.807) is 12.1 Å². The lowest BCUT2D eigenvalue weighted by Crippen LogP contribution is -2.02. The summed E-state index contributed by atoms with van der Waals surface area (Å²) in [5.74, 6) is 1.30. The Hall–Kier alpha value is -1.94. The number of para-hydroxylation sites is 1. The molecule has 0 spiro atoms. The van der Waals surface area contributed by atoms with Gasteiger partial charge in [-0.2, -0.15) is 0 Å². The van der Waals surface area contributed by atoms with Crippen LogP contribution in [0.2, 0.25) is 5.15 Å². The van der Waals surface area contributed by atoms with Crippen molar-refractivity contribution in [3.8, 4) is 11.5 Å². The van der Waals surface area contributed by atoms with E-state index in [9.17, 15) is 5.11 Å². The molecule has 2 rings (SSSR count). The van der Waals surface area contributed by atoms with E-state index >= 15 is 0 Å². The number of hydrogen-bond acceptors (Lipinski definition) is 4. The normalized spacial score (nSPS) is 10.2. The van der Waals surface area contributed by atoms with Crippen LogP contribution in [0.3, 0.4) is 0 Å². The highest BCUT2D eigenvalue weighted by Crippen LogP contribution is 2.30. The number of anilines is 1. The molecule has 0 unspecified atom stereocenters. The zero-order valence-electron chi connectivity index (χ0n) is 10.6. The summed E-state index contributed by atoms with van der Waals surface area (Å²) < 4.78 is 5.33. The minimum absolute atomic E-state index is 0.152. The first-order chi connectivity index (χ1) is 9.20. The summed E-state index contributed by atoms with van der Waals surface area (Å²) in [6.45, 7) is 2.83. The first-order valence-electron chi connectivity index (χ1n) is 6.00. The Morgan fingerprint density at radius 3 is 2.79 bits per heavy atom. The molecule has 0 atom stereocenters. The summed E-state index contributed by atoms with van der Waals surface area (Å²) in [7, 11) is 0. The molecule has 5 heteroatoms. The molecule has 0 aliphatic carbocycles. The first kappa shape index (κ1) is 13.5. The van der Waals surface area contributed by atoms with Gasteiger partial charge in [-0.1, -0.05) is 29.8 Å². The molecule has 1 aromatic carbocycles. The van der Waals surface area contributed by atoms with Gasteiger partial charge >= 0.3 is 0 Å². The molecule has 1 aromatic heterocycles. The Morgan fingerprint density at radius 2 is 2.05 bits per heavy atom. The van der Waals surface area contributed by atoms with Crippen molar-refractivity contribution in [1.29, 1.82) is 0 Å². The number of pyridine rings is 1. The van der Waals surface area contributed by atoms with E-state index in [4.69, 9.17) is 16.3 Å². The second-order valence-electron chi connectivity index (χ2n) is 3.90. The number of ether oxygens (including phenoxy) is 1. The zero-order chi connectivity index (χ0) is 13.7. The van der Waals surface area contributed by atoms with Gasteiger partial charge in [0.05, 0.1) is 6.61 Å². The van der Waals surface area contributed by atoms with Crippen molar-refractivity contribution in [2.24, 2.45) is 0 Å². The molecule has 0 aliphatic rings. The van der Waals surface area contributed by atoms with Gasteiger partial charge < -0.3 is 15.2 Å². The van der Waals surface area contributed by atoms with Crippen molar-refractivity contribution >= 4 is 17.4 Å². The van der Waals surface area contributed by atoms with Crippen LogP contribution in [0.1, 0.15) is 12.5 Å². The lowest BCUT2D eigenvalue weighted by molar-refractivity contribution is 0.317. The molecule has 2 aromatic rings. The number of hydrogen-bond donors (Lipinski definition) is 2. The molecular weight excluding hydrogens is 264 g/mol. The summed E-state index contributed by atoms with van der Waals surface area (Å²) in [6.07, 6.45) is 0. The minimum Gasteiger partial charge on any atom is -0.504 e. The Morgan fingerprint density at radius 1 is 1.26 bits per heavy atom. The number of nitrogens with zero attached hydrogens (tertiary/aromatic N) is 1. The average Bonchev–Trinajstić information content (AvgIpc) is 2.40. The van der Waals surface area contributed by atoms with Gasteiger partial charge in [0.1, 0.15) is 11.0 Å². The molecule has 19 heavy (non-hydrogen) atoms. The maximum atomic E-state index is 10.0. The molecule has 0 fully saturated rings. The first-order valence-corrected chi connectivity index (χ1v) is 6.38. The Kier molecular flexibility index (Phi) is 4.47. The lowest BCUT2D eigenvalue weighted by Gasteiger charge is -2.11. The van der Waals surface area contributed by atoms with Crippen molar-refractivity contribution in [2.75, 3.05) is 11.9 Å². The fraction of sp³-hybridized carbons (Fsp3) is 0.214. The summed E-state index contributed by atoms with van der Waals surface area (Å²) in [5, 5.41) is 13.6. The maximum absolute atomic E-state index is 10.0. The van der Waals surface area contributed by atoms with Crippen LogP contribution >= 0.6 is 11.6 Å². The molecule has 0 saturated heterocycles. The standard InChI is InChI=1S/C14H15ClN2O2/c1-2-19-11-6-3-5-10(14(11)18)9-16-13-8-4-7-12(15)17-13/h3-8,18H,2,9H2,1H3,(H,16,17). The number of rotatable bonds is 5. The fourth-order valence-corrected chi connectivity index (χ4v) is 1.84. The number of nitrogens with one attached hydrogen (secondary N) is 1. The molecule has 0 amide bonds. The highest BCUT2D eigenvalue weighted by molar-refractivity contribution is 6.29. The molecular formula is C14H15ClN2O2. The number of phenolic OH excluding ortho intramolecular Hbond substituents is 1. The monoisotopic (exact) mass is 278 g/mol. The van der Waals surface area contributed by atoms with Crippen LogP contribution in [-0.2, 0) is 6.54 Å². The second-order valence-corrected chi connectivity index (χ2v) is 4.28. The van der Waals surface area contributed by atoms with Crippen LogP contribution in [0.15, 0.2) is 36.4 Å². The quantitative estimate of drug-likeness (QED) is 0.823. The zero-order valence-corrected chi connectivity index (χ0v) is 11.3. The third kappa shape index (κ3) is 3.51. The van der Waals surface area contributed by atoms with Crippen LogP contribution in [0.4, 0.5) is 5.82 Å². The van der Waals surface area contributed by atoms with Gasteiger partial charge in [-0.05, 0) is 25.1 Å². The summed E-state index contributed by atoms with van der Waals surface area (Å²) in [6, 6.07) is 10.7. The van der Waals surface area contributed by atoms with E-state index in [1.165, 1.54) is 0 Å². The van der Waals surface area contributed by atoms with E-state index in [0.29, 0.717) is 29.9 Å². The van der Waals surface area contributed by atoms with E-state index in [2.05, 4.69) is 10.3 Å².